The Morgan fingerprint density at radius 3 is 2.58 bits per heavy atom. The molecule has 1 fully saturated rings. The van der Waals surface area contributed by atoms with Gasteiger partial charge in [-0.1, -0.05) is 48.9 Å². The van der Waals surface area contributed by atoms with E-state index in [2.05, 4.69) is 10.8 Å². The van der Waals surface area contributed by atoms with Crippen LogP contribution in [0, 0.1) is 5.92 Å². The highest BCUT2D eigenvalue weighted by molar-refractivity contribution is 5.85. The first-order valence-corrected chi connectivity index (χ1v) is 8.36. The van der Waals surface area contributed by atoms with E-state index < -0.39 is 0 Å². The summed E-state index contributed by atoms with van der Waals surface area (Å²) in [5.41, 5.74) is 3.23. The van der Waals surface area contributed by atoms with Gasteiger partial charge in [-0.25, -0.2) is 5.48 Å². The minimum absolute atomic E-state index is 0.157. The molecule has 0 aliphatic heterocycles. The van der Waals surface area contributed by atoms with Crippen LogP contribution in [0.3, 0.4) is 0 Å². The number of carbonyl (C=O) groups is 2. The van der Waals surface area contributed by atoms with Gasteiger partial charge in [0.15, 0.2) is 6.61 Å². The van der Waals surface area contributed by atoms with E-state index in [4.69, 9.17) is 4.84 Å². The molecule has 2 aromatic carbocycles. The third-order valence-electron chi connectivity index (χ3n) is 4.38. The Balaban J connectivity index is 1.39. The van der Waals surface area contributed by atoms with Crippen LogP contribution < -0.4 is 10.8 Å². The van der Waals surface area contributed by atoms with Gasteiger partial charge in [-0.3, -0.25) is 14.4 Å². The van der Waals surface area contributed by atoms with Gasteiger partial charge in [0.2, 0.25) is 11.8 Å². The van der Waals surface area contributed by atoms with Crippen LogP contribution in [0.25, 0.3) is 10.8 Å². The Labute approximate surface area is 141 Å². The molecule has 0 spiro atoms. The van der Waals surface area contributed by atoms with Gasteiger partial charge in [-0.15, -0.1) is 0 Å². The van der Waals surface area contributed by atoms with Gasteiger partial charge in [-0.05, 0) is 35.1 Å². The molecule has 0 unspecified atom stereocenters. The quantitative estimate of drug-likeness (QED) is 0.768. The van der Waals surface area contributed by atoms with Crippen molar-refractivity contribution in [2.45, 2.75) is 25.7 Å². The van der Waals surface area contributed by atoms with Crippen LogP contribution in [0.5, 0.6) is 0 Å². The van der Waals surface area contributed by atoms with Crippen LogP contribution >= 0.6 is 0 Å². The molecule has 0 aromatic heterocycles. The summed E-state index contributed by atoms with van der Waals surface area (Å²) in [6.07, 6.45) is 3.84. The molecule has 0 heterocycles. The maximum absolute atomic E-state index is 11.9. The van der Waals surface area contributed by atoms with E-state index in [1.165, 1.54) is 19.3 Å². The molecule has 3 rings (SSSR count). The van der Waals surface area contributed by atoms with E-state index in [1.54, 1.807) is 0 Å². The summed E-state index contributed by atoms with van der Waals surface area (Å²) in [5, 5.41) is 5.05. The first kappa shape index (κ1) is 16.5. The van der Waals surface area contributed by atoms with Crippen molar-refractivity contribution in [3.63, 3.8) is 0 Å². The van der Waals surface area contributed by atoms with Gasteiger partial charge in [-0.2, -0.15) is 0 Å². The Hall–Kier alpha value is -2.40. The van der Waals surface area contributed by atoms with Crippen LogP contribution in [0.15, 0.2) is 42.5 Å². The van der Waals surface area contributed by atoms with E-state index in [9.17, 15) is 9.59 Å². The smallest absolute Gasteiger partial charge is 0.248 e. The highest BCUT2D eigenvalue weighted by atomic mass is 16.7. The highest BCUT2D eigenvalue weighted by Crippen LogP contribution is 2.25. The lowest BCUT2D eigenvalue weighted by atomic mass is 9.85. The average molecular weight is 326 g/mol. The summed E-state index contributed by atoms with van der Waals surface area (Å²) in [7, 11) is 0. The van der Waals surface area contributed by atoms with E-state index in [1.807, 2.05) is 42.5 Å². The molecule has 2 aromatic rings. The number of carbonyl (C=O) groups excluding carboxylic acids is 2. The predicted octanol–water partition coefficient (Wildman–Crippen LogP) is 2.35. The second-order valence-corrected chi connectivity index (χ2v) is 6.27. The number of rotatable bonds is 7. The zero-order valence-electron chi connectivity index (χ0n) is 13.6. The first-order chi connectivity index (χ1) is 11.7. The van der Waals surface area contributed by atoms with Crippen LogP contribution in [-0.4, -0.2) is 25.0 Å². The molecule has 1 aliphatic carbocycles. The summed E-state index contributed by atoms with van der Waals surface area (Å²) < 4.78 is 0. The molecular formula is C19H22N2O3. The second kappa shape index (κ2) is 7.93. The number of hydrogen-bond donors (Lipinski definition) is 2. The van der Waals surface area contributed by atoms with Crippen molar-refractivity contribution in [2.75, 3.05) is 13.2 Å². The van der Waals surface area contributed by atoms with Crippen molar-refractivity contribution < 1.29 is 14.4 Å². The predicted molar refractivity (Wildman–Crippen MR) is 92.1 cm³/mol. The second-order valence-electron chi connectivity index (χ2n) is 6.27. The lowest BCUT2D eigenvalue weighted by Gasteiger charge is -2.25. The number of fused-ring (bicyclic) bond motifs is 1. The van der Waals surface area contributed by atoms with Crippen molar-refractivity contribution in [3.05, 3.63) is 48.0 Å². The maximum atomic E-state index is 11.9. The average Bonchev–Trinajstić information content (AvgIpc) is 2.53. The Morgan fingerprint density at radius 2 is 1.83 bits per heavy atom. The number of hydrogen-bond acceptors (Lipinski definition) is 3. The van der Waals surface area contributed by atoms with E-state index in [-0.39, 0.29) is 24.8 Å². The summed E-state index contributed by atoms with van der Waals surface area (Å²) >= 11 is 0. The number of nitrogens with one attached hydrogen (secondary N) is 2. The lowest BCUT2D eigenvalue weighted by Crippen LogP contribution is -2.37. The first-order valence-electron chi connectivity index (χ1n) is 8.36. The molecule has 2 N–H and O–H groups in total. The fraction of sp³-hybridized carbons (Fsp3) is 0.368. The molecule has 0 radical (unpaired) electrons. The summed E-state index contributed by atoms with van der Waals surface area (Å²) in [6.45, 7) is 0.545. The Bertz CT molecular complexity index is 725. The fourth-order valence-corrected chi connectivity index (χ4v) is 2.76. The van der Waals surface area contributed by atoms with Crippen LogP contribution in [0.4, 0.5) is 0 Å². The van der Waals surface area contributed by atoms with E-state index in [0.717, 1.165) is 16.3 Å². The van der Waals surface area contributed by atoms with Crippen LogP contribution in [0.1, 0.15) is 24.8 Å². The molecule has 0 bridgehead atoms. The molecule has 1 aliphatic rings. The molecule has 1 saturated carbocycles. The summed E-state index contributed by atoms with van der Waals surface area (Å²) in [4.78, 5) is 28.5. The highest BCUT2D eigenvalue weighted by Gasteiger charge is 2.17. The fourth-order valence-electron chi connectivity index (χ4n) is 2.76. The molecule has 0 atom stereocenters. The minimum atomic E-state index is -0.267. The topological polar surface area (TPSA) is 67.4 Å². The van der Waals surface area contributed by atoms with Crippen LogP contribution in [0.2, 0.25) is 0 Å². The normalized spacial score (nSPS) is 14.2. The van der Waals surface area contributed by atoms with Crippen molar-refractivity contribution in [3.8, 4) is 0 Å². The van der Waals surface area contributed by atoms with Gasteiger partial charge in [0.1, 0.15) is 0 Å². The number of hydroxylamine groups is 1. The monoisotopic (exact) mass is 326 g/mol. The van der Waals surface area contributed by atoms with Gasteiger partial charge in [0, 0.05) is 6.54 Å². The molecule has 5 heteroatoms. The van der Waals surface area contributed by atoms with Gasteiger partial charge < -0.3 is 5.32 Å². The maximum Gasteiger partial charge on any atom is 0.248 e. The summed E-state index contributed by atoms with van der Waals surface area (Å²) in [5.74, 6) is 0.140. The Kier molecular flexibility index (Phi) is 5.43. The van der Waals surface area contributed by atoms with Crippen molar-refractivity contribution in [1.29, 1.82) is 0 Å². The third-order valence-corrected chi connectivity index (χ3v) is 4.38. The van der Waals surface area contributed by atoms with Crippen LogP contribution in [-0.2, 0) is 20.8 Å². The standard InChI is InChI=1S/C19H22N2O3/c22-18(21-24-13-19(23)20-12-14-4-3-5-14)11-15-8-9-16-6-1-2-7-17(16)10-15/h1-2,6-10,14H,3-5,11-13H2,(H,20,23)(H,21,22). The van der Waals surface area contributed by atoms with E-state index in [0.29, 0.717) is 12.5 Å². The van der Waals surface area contributed by atoms with Gasteiger partial charge in [0.25, 0.3) is 0 Å². The number of amides is 2. The van der Waals surface area contributed by atoms with E-state index >= 15 is 0 Å². The molecule has 5 nitrogen and oxygen atoms in total. The van der Waals surface area contributed by atoms with Gasteiger partial charge >= 0.3 is 0 Å². The SMILES string of the molecule is O=C(CONC(=O)Cc1ccc2ccccc2c1)NCC1CCC1. The largest absolute Gasteiger partial charge is 0.354 e. The van der Waals surface area contributed by atoms with Crippen molar-refractivity contribution >= 4 is 22.6 Å². The molecule has 126 valence electrons. The summed E-state index contributed by atoms with van der Waals surface area (Å²) in [6, 6.07) is 13.9. The molecule has 2 amide bonds. The Morgan fingerprint density at radius 1 is 1.04 bits per heavy atom. The third kappa shape index (κ3) is 4.55. The zero-order chi connectivity index (χ0) is 16.8. The minimum Gasteiger partial charge on any atom is -0.354 e. The van der Waals surface area contributed by atoms with Gasteiger partial charge in [0.05, 0.1) is 6.42 Å². The molecule has 24 heavy (non-hydrogen) atoms. The molecule has 0 saturated heterocycles. The van der Waals surface area contributed by atoms with Crippen molar-refractivity contribution in [2.24, 2.45) is 5.92 Å². The van der Waals surface area contributed by atoms with Crippen molar-refractivity contribution in [1.82, 2.24) is 10.8 Å². The number of benzene rings is 2. The molecular weight excluding hydrogens is 304 g/mol. The lowest BCUT2D eigenvalue weighted by molar-refractivity contribution is -0.138. The zero-order valence-corrected chi connectivity index (χ0v) is 13.6.